The van der Waals surface area contributed by atoms with Crippen molar-refractivity contribution >= 4 is 34.8 Å². The Labute approximate surface area is 201 Å². The minimum atomic E-state index is -0.575. The molecule has 0 saturated carbocycles. The highest BCUT2D eigenvalue weighted by Gasteiger charge is 2.22. The number of nitrogens with zero attached hydrogens (tertiary/aromatic N) is 2. The standard InChI is InChI=1S/C25H22ClN3O5/c1-16-20(25(31)28-13-2-3-14-28)5-4-6-21(16)27-24(30)17-7-10-19(11-8-17)34-23-12-9-18(26)15-22(23)29(32)33/h4-12,15H,2-3,13-14H2,1H3,(H,27,30). The van der Waals surface area contributed by atoms with E-state index in [0.29, 0.717) is 28.1 Å². The molecule has 0 unspecified atom stereocenters. The maximum atomic E-state index is 12.8. The van der Waals surface area contributed by atoms with Crippen molar-refractivity contribution in [1.29, 1.82) is 0 Å². The van der Waals surface area contributed by atoms with E-state index >= 15 is 0 Å². The van der Waals surface area contributed by atoms with Crippen molar-refractivity contribution < 1.29 is 19.2 Å². The van der Waals surface area contributed by atoms with E-state index in [9.17, 15) is 19.7 Å². The van der Waals surface area contributed by atoms with Crippen LogP contribution in [-0.2, 0) is 0 Å². The Morgan fingerprint density at radius 1 is 1.06 bits per heavy atom. The number of halogens is 1. The fourth-order valence-corrected chi connectivity index (χ4v) is 3.97. The lowest BCUT2D eigenvalue weighted by molar-refractivity contribution is -0.385. The van der Waals surface area contributed by atoms with Crippen LogP contribution in [-0.4, -0.2) is 34.7 Å². The maximum absolute atomic E-state index is 12.8. The molecule has 174 valence electrons. The number of carbonyl (C=O) groups excluding carboxylic acids is 2. The number of amides is 2. The molecule has 3 aromatic rings. The van der Waals surface area contributed by atoms with Crippen LogP contribution in [0.5, 0.6) is 11.5 Å². The lowest BCUT2D eigenvalue weighted by Crippen LogP contribution is -2.28. The van der Waals surface area contributed by atoms with Gasteiger partial charge in [-0.3, -0.25) is 19.7 Å². The molecule has 0 aromatic heterocycles. The Morgan fingerprint density at radius 2 is 1.76 bits per heavy atom. The van der Waals surface area contributed by atoms with Gasteiger partial charge in [-0.05, 0) is 73.9 Å². The van der Waals surface area contributed by atoms with Crippen LogP contribution in [0.3, 0.4) is 0 Å². The number of nitro groups is 1. The quantitative estimate of drug-likeness (QED) is 0.353. The topological polar surface area (TPSA) is 102 Å². The van der Waals surface area contributed by atoms with E-state index in [4.69, 9.17) is 16.3 Å². The van der Waals surface area contributed by atoms with Crippen LogP contribution < -0.4 is 10.1 Å². The predicted octanol–water partition coefficient (Wildman–Crippen LogP) is 5.84. The van der Waals surface area contributed by atoms with Gasteiger partial charge in [-0.25, -0.2) is 0 Å². The van der Waals surface area contributed by atoms with Crippen LogP contribution in [0.1, 0.15) is 39.1 Å². The molecule has 1 N–H and O–H groups in total. The predicted molar refractivity (Wildman–Crippen MR) is 129 cm³/mol. The number of rotatable bonds is 6. The van der Waals surface area contributed by atoms with E-state index in [1.165, 1.54) is 18.2 Å². The van der Waals surface area contributed by atoms with Crippen molar-refractivity contribution in [1.82, 2.24) is 4.90 Å². The molecule has 1 aliphatic heterocycles. The van der Waals surface area contributed by atoms with E-state index in [2.05, 4.69) is 5.32 Å². The largest absolute Gasteiger partial charge is 0.450 e. The van der Waals surface area contributed by atoms with Crippen LogP contribution in [0.25, 0.3) is 0 Å². The van der Waals surface area contributed by atoms with Gasteiger partial charge in [0.05, 0.1) is 4.92 Å². The summed E-state index contributed by atoms with van der Waals surface area (Å²) < 4.78 is 5.61. The highest BCUT2D eigenvalue weighted by Crippen LogP contribution is 2.33. The number of benzene rings is 3. The van der Waals surface area contributed by atoms with E-state index in [1.807, 2.05) is 11.8 Å². The molecule has 0 bridgehead atoms. The Hall–Kier alpha value is -3.91. The second-order valence-corrected chi connectivity index (χ2v) is 8.36. The van der Waals surface area contributed by atoms with Crippen molar-refractivity contribution in [2.24, 2.45) is 0 Å². The first-order chi connectivity index (χ1) is 16.3. The monoisotopic (exact) mass is 479 g/mol. The maximum Gasteiger partial charge on any atom is 0.313 e. The summed E-state index contributed by atoms with van der Waals surface area (Å²) in [6.45, 7) is 3.32. The van der Waals surface area contributed by atoms with Crippen LogP contribution in [0.15, 0.2) is 60.7 Å². The van der Waals surface area contributed by atoms with Crippen LogP contribution in [0.2, 0.25) is 5.02 Å². The molecule has 4 rings (SSSR count). The Bertz CT molecular complexity index is 1250. The fourth-order valence-electron chi connectivity index (χ4n) is 3.81. The molecule has 0 radical (unpaired) electrons. The number of ether oxygens (including phenoxy) is 1. The molecule has 1 saturated heterocycles. The first kappa shape index (κ1) is 23.3. The molecule has 8 nitrogen and oxygen atoms in total. The fraction of sp³-hybridized carbons (Fsp3) is 0.200. The number of nitro benzene ring substituents is 1. The van der Waals surface area contributed by atoms with E-state index in [1.54, 1.807) is 42.5 Å². The van der Waals surface area contributed by atoms with Crippen molar-refractivity contribution in [2.45, 2.75) is 19.8 Å². The molecule has 0 aliphatic carbocycles. The number of nitrogens with one attached hydrogen (secondary N) is 1. The minimum Gasteiger partial charge on any atom is -0.450 e. The zero-order valence-electron chi connectivity index (χ0n) is 18.4. The first-order valence-corrected chi connectivity index (χ1v) is 11.1. The number of hydrogen-bond donors (Lipinski definition) is 1. The second kappa shape index (κ2) is 9.93. The van der Waals surface area contributed by atoms with Gasteiger partial charge in [0.25, 0.3) is 11.8 Å². The van der Waals surface area contributed by atoms with Gasteiger partial charge in [-0.1, -0.05) is 17.7 Å². The van der Waals surface area contributed by atoms with Crippen LogP contribution in [0, 0.1) is 17.0 Å². The van der Waals surface area contributed by atoms with Gasteiger partial charge in [0.2, 0.25) is 5.75 Å². The average molecular weight is 480 g/mol. The summed E-state index contributed by atoms with van der Waals surface area (Å²) in [5, 5.41) is 14.3. The second-order valence-electron chi connectivity index (χ2n) is 7.93. The lowest BCUT2D eigenvalue weighted by atomic mass is 10.0. The van der Waals surface area contributed by atoms with Gasteiger partial charge in [0, 0.05) is 41.0 Å². The normalized spacial score (nSPS) is 12.9. The lowest BCUT2D eigenvalue weighted by Gasteiger charge is -2.18. The highest BCUT2D eigenvalue weighted by molar-refractivity contribution is 6.30. The van der Waals surface area contributed by atoms with Gasteiger partial charge < -0.3 is 15.0 Å². The molecule has 1 aliphatic rings. The highest BCUT2D eigenvalue weighted by atomic mass is 35.5. The van der Waals surface area contributed by atoms with Gasteiger partial charge in [-0.15, -0.1) is 0 Å². The molecular weight excluding hydrogens is 458 g/mol. The van der Waals surface area contributed by atoms with Crippen molar-refractivity contribution in [3.63, 3.8) is 0 Å². The summed E-state index contributed by atoms with van der Waals surface area (Å²) in [7, 11) is 0. The minimum absolute atomic E-state index is 0.0242. The molecule has 2 amide bonds. The molecule has 0 spiro atoms. The SMILES string of the molecule is Cc1c(NC(=O)c2ccc(Oc3ccc(Cl)cc3[N+](=O)[O-])cc2)cccc1C(=O)N1CCCC1. The molecule has 9 heteroatoms. The van der Waals surface area contributed by atoms with Gasteiger partial charge in [-0.2, -0.15) is 0 Å². The Kier molecular flexibility index (Phi) is 6.79. The number of carbonyl (C=O) groups is 2. The molecule has 3 aromatic carbocycles. The van der Waals surface area contributed by atoms with E-state index in [0.717, 1.165) is 25.9 Å². The molecule has 34 heavy (non-hydrogen) atoms. The van der Waals surface area contributed by atoms with Crippen molar-refractivity contribution in [3.8, 4) is 11.5 Å². The average Bonchev–Trinajstić information content (AvgIpc) is 3.36. The number of hydrogen-bond acceptors (Lipinski definition) is 5. The van der Waals surface area contributed by atoms with Crippen LogP contribution >= 0.6 is 11.6 Å². The van der Waals surface area contributed by atoms with E-state index < -0.39 is 4.92 Å². The van der Waals surface area contributed by atoms with Gasteiger partial charge in [0.15, 0.2) is 0 Å². The third-order valence-corrected chi connectivity index (χ3v) is 5.90. The zero-order valence-corrected chi connectivity index (χ0v) is 19.2. The van der Waals surface area contributed by atoms with Gasteiger partial charge >= 0.3 is 5.69 Å². The Balaban J connectivity index is 1.47. The summed E-state index contributed by atoms with van der Waals surface area (Å²) >= 11 is 5.83. The summed E-state index contributed by atoms with van der Waals surface area (Å²) in [4.78, 5) is 38.1. The summed E-state index contributed by atoms with van der Waals surface area (Å²) in [6.07, 6.45) is 2.01. The van der Waals surface area contributed by atoms with Crippen molar-refractivity contribution in [2.75, 3.05) is 18.4 Å². The molecule has 1 heterocycles. The van der Waals surface area contributed by atoms with Crippen molar-refractivity contribution in [3.05, 3.63) is 92.5 Å². The molecule has 1 fully saturated rings. The first-order valence-electron chi connectivity index (χ1n) is 10.8. The smallest absolute Gasteiger partial charge is 0.313 e. The third kappa shape index (κ3) is 5.02. The summed E-state index contributed by atoms with van der Waals surface area (Å²) in [5.41, 5.74) is 1.96. The number of anilines is 1. The van der Waals surface area contributed by atoms with Crippen LogP contribution in [0.4, 0.5) is 11.4 Å². The third-order valence-electron chi connectivity index (χ3n) is 5.67. The van der Waals surface area contributed by atoms with E-state index in [-0.39, 0.29) is 28.3 Å². The molecule has 0 atom stereocenters. The number of likely N-dealkylation sites (tertiary alicyclic amines) is 1. The zero-order chi connectivity index (χ0) is 24.2. The van der Waals surface area contributed by atoms with Gasteiger partial charge in [0.1, 0.15) is 5.75 Å². The summed E-state index contributed by atoms with van der Waals surface area (Å²) in [6, 6.07) is 15.6. The summed E-state index contributed by atoms with van der Waals surface area (Å²) in [5.74, 6) is -0.000130. The Morgan fingerprint density at radius 3 is 2.44 bits per heavy atom. The molecular formula is C25H22ClN3O5.